The second-order valence-electron chi connectivity index (χ2n) is 6.06. The summed E-state index contributed by atoms with van der Waals surface area (Å²) in [7, 11) is 1.66. The molecule has 3 amide bonds. The number of thioether (sulfide) groups is 1. The van der Waals surface area contributed by atoms with Crippen molar-refractivity contribution in [2.24, 2.45) is 4.99 Å². The van der Waals surface area contributed by atoms with Gasteiger partial charge in [-0.15, -0.1) is 0 Å². The number of halogens is 1. The van der Waals surface area contributed by atoms with Gasteiger partial charge < -0.3 is 9.80 Å². The Labute approximate surface area is 150 Å². The molecule has 0 saturated carbocycles. The molecular formula is C16H19ClN4O2S. The smallest absolute Gasteiger partial charge is 0.325 e. The minimum atomic E-state index is -0.485. The summed E-state index contributed by atoms with van der Waals surface area (Å²) in [5, 5.41) is 3.86. The third-order valence-electron chi connectivity index (χ3n) is 4.13. The van der Waals surface area contributed by atoms with E-state index in [1.165, 1.54) is 16.7 Å². The van der Waals surface area contributed by atoms with E-state index in [0.717, 1.165) is 10.7 Å². The maximum absolute atomic E-state index is 12.3. The zero-order valence-electron chi connectivity index (χ0n) is 13.7. The van der Waals surface area contributed by atoms with Crippen LogP contribution in [0.1, 0.15) is 19.4 Å². The Balaban J connectivity index is 1.84. The molecule has 8 heteroatoms. The van der Waals surface area contributed by atoms with E-state index in [-0.39, 0.29) is 11.9 Å². The van der Waals surface area contributed by atoms with Crippen LogP contribution >= 0.6 is 23.4 Å². The number of aliphatic imine (C=N–C) groups is 1. The molecular weight excluding hydrogens is 348 g/mol. The molecule has 2 heterocycles. The van der Waals surface area contributed by atoms with Crippen LogP contribution in [0, 0.1) is 0 Å². The highest BCUT2D eigenvalue weighted by molar-refractivity contribution is 8.13. The maximum Gasteiger partial charge on any atom is 0.325 e. The Morgan fingerprint density at radius 1 is 1.33 bits per heavy atom. The van der Waals surface area contributed by atoms with E-state index in [9.17, 15) is 9.59 Å². The Hall–Kier alpha value is -1.73. The van der Waals surface area contributed by atoms with E-state index in [0.29, 0.717) is 10.8 Å². The van der Waals surface area contributed by atoms with Crippen LogP contribution in [0.15, 0.2) is 29.3 Å². The van der Waals surface area contributed by atoms with Crippen molar-refractivity contribution in [2.45, 2.75) is 37.8 Å². The van der Waals surface area contributed by atoms with Gasteiger partial charge in [-0.25, -0.2) is 9.79 Å². The van der Waals surface area contributed by atoms with Crippen LogP contribution in [0.3, 0.4) is 0 Å². The number of urea groups is 1. The summed E-state index contributed by atoms with van der Waals surface area (Å²) in [6.07, 6.45) is -0.484. The topological polar surface area (TPSA) is 65.0 Å². The van der Waals surface area contributed by atoms with Gasteiger partial charge in [0.05, 0.1) is 0 Å². The fourth-order valence-electron chi connectivity index (χ4n) is 2.87. The predicted octanol–water partition coefficient (Wildman–Crippen LogP) is 2.53. The fraction of sp³-hybridized carbons (Fsp3) is 0.438. The summed E-state index contributed by atoms with van der Waals surface area (Å²) in [5.74, 6) is 0.356. The van der Waals surface area contributed by atoms with Crippen molar-refractivity contribution in [3.63, 3.8) is 0 Å². The molecule has 0 radical (unpaired) electrons. The van der Waals surface area contributed by atoms with Gasteiger partial charge in [-0.1, -0.05) is 41.6 Å². The predicted molar refractivity (Wildman–Crippen MR) is 96.0 cm³/mol. The molecule has 2 aliphatic heterocycles. The molecule has 128 valence electrons. The highest BCUT2D eigenvalue weighted by atomic mass is 35.5. The summed E-state index contributed by atoms with van der Waals surface area (Å²) in [5.41, 5.74) is 1.01. The minimum Gasteiger partial charge on any atom is -0.333 e. The number of amides is 3. The first kappa shape index (κ1) is 17.1. The standard InChI is InChI=1S/C16H19ClN4O2S/c1-9(2)21-12-13(20(3)15(23)19-14(12)22)18-16(21)24-8-10-6-4-5-7-11(10)17/h4-7,9,12-13H,8H2,1-3H3,(H,19,22,23). The molecule has 0 bridgehead atoms. The number of rotatable bonds is 3. The SMILES string of the molecule is CC(C)N1C(SCc2ccccc2Cl)=NC2C1C(=O)NC(=O)N2C. The average molecular weight is 367 g/mol. The van der Waals surface area contributed by atoms with Crippen LogP contribution in [-0.2, 0) is 10.5 Å². The van der Waals surface area contributed by atoms with Gasteiger partial charge in [-0.2, -0.15) is 0 Å². The first-order valence-electron chi connectivity index (χ1n) is 7.70. The van der Waals surface area contributed by atoms with Crippen LogP contribution < -0.4 is 5.32 Å². The van der Waals surface area contributed by atoms with E-state index in [1.54, 1.807) is 7.05 Å². The third kappa shape index (κ3) is 2.98. The Morgan fingerprint density at radius 2 is 2.04 bits per heavy atom. The largest absolute Gasteiger partial charge is 0.333 e. The number of nitrogens with one attached hydrogen (secondary N) is 1. The minimum absolute atomic E-state index is 0.0878. The summed E-state index contributed by atoms with van der Waals surface area (Å²) in [4.78, 5) is 32.3. The molecule has 6 nitrogen and oxygen atoms in total. The van der Waals surface area contributed by atoms with Gasteiger partial charge in [0.2, 0.25) is 0 Å². The molecule has 1 N–H and O–H groups in total. The second-order valence-corrected chi connectivity index (χ2v) is 7.41. The maximum atomic E-state index is 12.3. The normalized spacial score (nSPS) is 23.5. The van der Waals surface area contributed by atoms with Gasteiger partial charge in [-0.3, -0.25) is 10.1 Å². The van der Waals surface area contributed by atoms with Gasteiger partial charge in [0, 0.05) is 23.9 Å². The van der Waals surface area contributed by atoms with Crippen molar-refractivity contribution >= 4 is 40.5 Å². The summed E-state index contributed by atoms with van der Waals surface area (Å²) in [6.45, 7) is 4.02. The number of likely N-dealkylation sites (N-methyl/N-ethyl adjacent to an activating group) is 1. The molecule has 1 aromatic rings. The number of hydrogen-bond acceptors (Lipinski definition) is 5. The van der Waals surface area contributed by atoms with Gasteiger partial charge >= 0.3 is 6.03 Å². The summed E-state index contributed by atoms with van der Waals surface area (Å²) >= 11 is 7.74. The first-order valence-corrected chi connectivity index (χ1v) is 9.06. The van der Waals surface area contributed by atoms with E-state index in [4.69, 9.17) is 11.6 Å². The molecule has 2 aliphatic rings. The Bertz CT molecular complexity index is 709. The Morgan fingerprint density at radius 3 is 2.71 bits per heavy atom. The van der Waals surface area contributed by atoms with E-state index in [2.05, 4.69) is 10.3 Å². The lowest BCUT2D eigenvalue weighted by Gasteiger charge is -2.37. The fourth-order valence-corrected chi connectivity index (χ4v) is 4.35. The molecule has 1 fully saturated rings. The molecule has 2 unspecified atom stereocenters. The molecule has 2 atom stereocenters. The number of amidine groups is 1. The van der Waals surface area contributed by atoms with Gasteiger partial charge in [0.25, 0.3) is 5.91 Å². The van der Waals surface area contributed by atoms with Crippen molar-refractivity contribution in [1.82, 2.24) is 15.1 Å². The lowest BCUT2D eigenvalue weighted by molar-refractivity contribution is -0.127. The van der Waals surface area contributed by atoms with Crippen molar-refractivity contribution in [2.75, 3.05) is 7.05 Å². The first-order chi connectivity index (χ1) is 11.4. The number of carbonyl (C=O) groups is 2. The number of fused-ring (bicyclic) bond motifs is 1. The number of benzene rings is 1. The Kier molecular flexibility index (Phi) is 4.73. The van der Waals surface area contributed by atoms with Crippen LogP contribution in [0.5, 0.6) is 0 Å². The van der Waals surface area contributed by atoms with E-state index >= 15 is 0 Å². The number of nitrogens with zero attached hydrogens (tertiary/aromatic N) is 3. The zero-order chi connectivity index (χ0) is 17.4. The molecule has 1 aromatic carbocycles. The second kappa shape index (κ2) is 6.64. The van der Waals surface area contributed by atoms with E-state index in [1.807, 2.05) is 43.0 Å². The molecule has 0 spiro atoms. The highest BCUT2D eigenvalue weighted by Gasteiger charge is 2.49. The van der Waals surface area contributed by atoms with Crippen LogP contribution in [0.25, 0.3) is 0 Å². The monoisotopic (exact) mass is 366 g/mol. The molecule has 3 rings (SSSR count). The van der Waals surface area contributed by atoms with Gasteiger partial charge in [0.1, 0.15) is 0 Å². The van der Waals surface area contributed by atoms with Crippen molar-refractivity contribution in [1.29, 1.82) is 0 Å². The van der Waals surface area contributed by atoms with Crippen LogP contribution in [0.4, 0.5) is 4.79 Å². The third-order valence-corrected chi connectivity index (χ3v) is 5.53. The lowest BCUT2D eigenvalue weighted by atomic mass is 10.1. The zero-order valence-corrected chi connectivity index (χ0v) is 15.3. The quantitative estimate of drug-likeness (QED) is 0.892. The average Bonchev–Trinajstić information content (AvgIpc) is 2.92. The van der Waals surface area contributed by atoms with Gasteiger partial charge in [0.15, 0.2) is 17.4 Å². The molecule has 24 heavy (non-hydrogen) atoms. The van der Waals surface area contributed by atoms with Crippen molar-refractivity contribution in [3.05, 3.63) is 34.9 Å². The molecule has 0 aliphatic carbocycles. The molecule has 0 aromatic heterocycles. The van der Waals surface area contributed by atoms with Crippen LogP contribution in [-0.4, -0.2) is 52.2 Å². The van der Waals surface area contributed by atoms with Crippen molar-refractivity contribution in [3.8, 4) is 0 Å². The van der Waals surface area contributed by atoms with Crippen LogP contribution in [0.2, 0.25) is 5.02 Å². The summed E-state index contributed by atoms with van der Waals surface area (Å²) in [6, 6.07) is 6.85. The highest BCUT2D eigenvalue weighted by Crippen LogP contribution is 2.32. The number of hydrogen-bond donors (Lipinski definition) is 1. The van der Waals surface area contributed by atoms with E-state index < -0.39 is 18.2 Å². The lowest BCUT2D eigenvalue weighted by Crippen LogP contribution is -2.64. The molecule has 1 saturated heterocycles. The summed E-state index contributed by atoms with van der Waals surface area (Å²) < 4.78 is 0. The number of imide groups is 1. The van der Waals surface area contributed by atoms with Gasteiger partial charge in [-0.05, 0) is 25.5 Å². The van der Waals surface area contributed by atoms with Crippen molar-refractivity contribution < 1.29 is 9.59 Å². The number of carbonyl (C=O) groups excluding carboxylic acids is 2.